The largest absolute Gasteiger partial charge is 0.495 e. The highest BCUT2D eigenvalue weighted by Gasteiger charge is 2.61. The van der Waals surface area contributed by atoms with Crippen molar-refractivity contribution in [3.8, 4) is 11.8 Å². The molecule has 3 aromatic carbocycles. The van der Waals surface area contributed by atoms with Crippen LogP contribution in [0.25, 0.3) is 5.57 Å². The van der Waals surface area contributed by atoms with Crippen LogP contribution in [0.2, 0.25) is 10.0 Å². The molecule has 2 aliphatic heterocycles. The molecule has 7 nitrogen and oxygen atoms in total. The predicted molar refractivity (Wildman–Crippen MR) is 163 cm³/mol. The number of carbonyl (C=O) groups excluding carboxylic acids is 2. The monoisotopic (exact) mass is 657 g/mol. The fraction of sp³-hybridized carbons (Fsp3) is 0.303. The van der Waals surface area contributed by atoms with Crippen LogP contribution in [0.15, 0.2) is 54.2 Å². The molecule has 0 spiro atoms. The molecule has 234 valence electrons. The number of carbonyl (C=O) groups is 2. The van der Waals surface area contributed by atoms with Crippen molar-refractivity contribution < 1.29 is 32.2 Å². The second-order valence-electron chi connectivity index (χ2n) is 12.0. The van der Waals surface area contributed by atoms with Crippen molar-refractivity contribution in [3.63, 3.8) is 0 Å². The van der Waals surface area contributed by atoms with Gasteiger partial charge in [0.1, 0.15) is 34.3 Å². The van der Waals surface area contributed by atoms with Gasteiger partial charge in [0.15, 0.2) is 0 Å². The Morgan fingerprint density at radius 3 is 2.40 bits per heavy atom. The Labute approximate surface area is 268 Å². The molecule has 45 heavy (non-hydrogen) atoms. The quantitative estimate of drug-likeness (QED) is 0.255. The first kappa shape index (κ1) is 32.2. The third-order valence-corrected chi connectivity index (χ3v) is 8.59. The van der Waals surface area contributed by atoms with Crippen LogP contribution >= 0.6 is 23.2 Å². The number of rotatable bonds is 6. The first-order valence-corrected chi connectivity index (χ1v) is 14.6. The summed E-state index contributed by atoms with van der Waals surface area (Å²) in [6.45, 7) is 5.53. The van der Waals surface area contributed by atoms with Crippen LogP contribution in [0.3, 0.4) is 0 Å². The van der Waals surface area contributed by atoms with Crippen LogP contribution in [0, 0.1) is 34.2 Å². The Kier molecular flexibility index (Phi) is 8.32. The lowest BCUT2D eigenvalue weighted by Crippen LogP contribution is -2.47. The summed E-state index contributed by atoms with van der Waals surface area (Å²) in [4.78, 5) is 29.5. The van der Waals surface area contributed by atoms with Crippen LogP contribution in [-0.4, -0.2) is 43.7 Å². The molecule has 0 radical (unpaired) electrons. The zero-order chi connectivity index (χ0) is 33.0. The molecule has 1 amide bonds. The van der Waals surface area contributed by atoms with E-state index in [1.807, 2.05) is 20.8 Å². The smallest absolute Gasteiger partial charge is 0.340 e. The number of anilines is 1. The van der Waals surface area contributed by atoms with Gasteiger partial charge in [-0.25, -0.2) is 18.0 Å². The Balaban J connectivity index is 1.85. The highest BCUT2D eigenvalue weighted by Crippen LogP contribution is 2.57. The molecule has 2 aliphatic rings. The summed E-state index contributed by atoms with van der Waals surface area (Å²) in [5, 5.41) is 10.9. The number of amides is 1. The minimum absolute atomic E-state index is 0.00919. The standard InChI is InChI=1S/C33H28Cl2F3N3O4/c1-32(2,3)14-26-33(15-39,20-10-9-17(34)11-23(20)37)27(18-7-6-8-21(35)28(18)38)29-30(42)40(16-41(26)29)24-13-22(36)19(31(43)45-5)12-25(24)44-4/h6-13,26H,14,16H2,1-5H3/t26-,33-/m0/s1. The SMILES string of the molecule is COC(=O)c1cc(OC)c(N2CN3C(=C(c4cccc(Cl)c4F)[C@@](C#N)(c4ccc(Cl)cc4F)[C@@H]3CC(C)(C)C)C2=O)cc1F. The molecule has 0 bridgehead atoms. The van der Waals surface area contributed by atoms with Crippen LogP contribution in [0.5, 0.6) is 5.75 Å². The zero-order valence-electron chi connectivity index (χ0n) is 25.0. The van der Waals surface area contributed by atoms with Gasteiger partial charge in [-0.05, 0) is 36.1 Å². The number of esters is 1. The number of nitriles is 1. The van der Waals surface area contributed by atoms with Crippen molar-refractivity contribution in [2.45, 2.75) is 38.6 Å². The van der Waals surface area contributed by atoms with E-state index in [1.165, 1.54) is 42.3 Å². The number of methoxy groups -OCH3 is 2. The fourth-order valence-electron chi connectivity index (χ4n) is 6.19. The number of hydrogen-bond donors (Lipinski definition) is 0. The van der Waals surface area contributed by atoms with Crippen molar-refractivity contribution in [3.05, 3.63) is 98.4 Å². The summed E-state index contributed by atoms with van der Waals surface area (Å²) < 4.78 is 57.2. The van der Waals surface area contributed by atoms with Crippen molar-refractivity contribution in [2.24, 2.45) is 5.41 Å². The van der Waals surface area contributed by atoms with Gasteiger partial charge in [-0.3, -0.25) is 9.69 Å². The Bertz CT molecular complexity index is 1820. The number of nitrogens with zero attached hydrogens (tertiary/aromatic N) is 3. The number of benzene rings is 3. The fourth-order valence-corrected chi connectivity index (χ4v) is 6.53. The maximum atomic E-state index is 16.0. The summed E-state index contributed by atoms with van der Waals surface area (Å²) in [5.74, 6) is -4.35. The first-order chi connectivity index (χ1) is 21.2. The van der Waals surface area contributed by atoms with Gasteiger partial charge in [0.05, 0.1) is 49.3 Å². The summed E-state index contributed by atoms with van der Waals surface area (Å²) in [6.07, 6.45) is 0.242. The normalized spacial score (nSPS) is 19.6. The first-order valence-electron chi connectivity index (χ1n) is 13.8. The van der Waals surface area contributed by atoms with Crippen LogP contribution in [0.1, 0.15) is 48.7 Å². The highest BCUT2D eigenvalue weighted by atomic mass is 35.5. The third kappa shape index (κ3) is 5.18. The second-order valence-corrected chi connectivity index (χ2v) is 12.8. The minimum atomic E-state index is -1.91. The van der Waals surface area contributed by atoms with Crippen molar-refractivity contribution >= 4 is 46.3 Å². The molecule has 0 saturated carbocycles. The Morgan fingerprint density at radius 2 is 1.80 bits per heavy atom. The van der Waals surface area contributed by atoms with Gasteiger partial charge >= 0.3 is 5.97 Å². The Hall–Kier alpha value is -4.20. The van der Waals surface area contributed by atoms with Crippen LogP contribution < -0.4 is 9.64 Å². The van der Waals surface area contributed by atoms with E-state index in [2.05, 4.69) is 10.8 Å². The van der Waals surface area contributed by atoms with Gasteiger partial charge in [0.2, 0.25) is 0 Å². The average Bonchev–Trinajstić information content (AvgIpc) is 3.44. The number of hydrogen-bond acceptors (Lipinski definition) is 6. The van der Waals surface area contributed by atoms with Crippen LogP contribution in [-0.2, 0) is 14.9 Å². The molecule has 0 unspecified atom stereocenters. The van der Waals surface area contributed by atoms with E-state index in [-0.39, 0.29) is 57.0 Å². The lowest BCUT2D eigenvalue weighted by atomic mass is 9.65. The molecule has 12 heteroatoms. The van der Waals surface area contributed by atoms with Crippen molar-refractivity contribution in [1.29, 1.82) is 5.26 Å². The molecule has 0 N–H and O–H groups in total. The molecule has 0 aliphatic carbocycles. The van der Waals surface area contributed by atoms with E-state index in [0.29, 0.717) is 0 Å². The topological polar surface area (TPSA) is 82.9 Å². The van der Waals surface area contributed by atoms with Gasteiger partial charge < -0.3 is 14.4 Å². The lowest BCUT2D eigenvalue weighted by Gasteiger charge is -2.40. The zero-order valence-corrected chi connectivity index (χ0v) is 26.5. The number of fused-ring (bicyclic) bond motifs is 1. The number of ether oxygens (including phenoxy) is 2. The summed E-state index contributed by atoms with van der Waals surface area (Å²) in [7, 11) is 2.39. The Morgan fingerprint density at radius 1 is 1.09 bits per heavy atom. The van der Waals surface area contributed by atoms with Crippen molar-refractivity contribution in [2.75, 3.05) is 25.8 Å². The van der Waals surface area contributed by atoms with Gasteiger partial charge in [0.25, 0.3) is 5.91 Å². The summed E-state index contributed by atoms with van der Waals surface area (Å²) in [5.41, 5.74) is -3.23. The van der Waals surface area contributed by atoms with Gasteiger partial charge in [-0.2, -0.15) is 5.26 Å². The third-order valence-electron chi connectivity index (χ3n) is 8.06. The summed E-state index contributed by atoms with van der Waals surface area (Å²) in [6, 6.07) is 11.5. The van der Waals surface area contributed by atoms with Gasteiger partial charge in [0, 0.05) is 27.8 Å². The molecular weight excluding hydrogens is 630 g/mol. The predicted octanol–water partition coefficient (Wildman–Crippen LogP) is 7.50. The lowest BCUT2D eigenvalue weighted by molar-refractivity contribution is -0.114. The maximum Gasteiger partial charge on any atom is 0.340 e. The van der Waals surface area contributed by atoms with E-state index in [1.54, 1.807) is 4.90 Å². The molecular formula is C33H28Cl2F3N3O4. The van der Waals surface area contributed by atoms with Gasteiger partial charge in [-0.1, -0.05) is 62.2 Å². The highest BCUT2D eigenvalue weighted by molar-refractivity contribution is 6.31. The molecule has 3 aromatic rings. The van der Waals surface area contributed by atoms with Gasteiger partial charge in [-0.15, -0.1) is 0 Å². The molecule has 0 aromatic heterocycles. The molecule has 5 rings (SSSR count). The average molecular weight is 659 g/mol. The molecule has 2 heterocycles. The second kappa shape index (κ2) is 11.6. The van der Waals surface area contributed by atoms with Crippen molar-refractivity contribution in [1.82, 2.24) is 4.90 Å². The van der Waals surface area contributed by atoms with E-state index >= 15 is 13.2 Å². The molecule has 2 atom stereocenters. The molecule has 1 fully saturated rings. The minimum Gasteiger partial charge on any atom is -0.495 e. The number of halogens is 5. The van der Waals surface area contributed by atoms with E-state index in [4.69, 9.17) is 27.9 Å². The summed E-state index contributed by atoms with van der Waals surface area (Å²) >= 11 is 12.3. The van der Waals surface area contributed by atoms with E-state index in [0.717, 1.165) is 25.3 Å². The van der Waals surface area contributed by atoms with E-state index < -0.39 is 51.8 Å². The maximum absolute atomic E-state index is 16.0. The molecule has 1 saturated heterocycles. The van der Waals surface area contributed by atoms with Crippen LogP contribution in [0.4, 0.5) is 18.9 Å². The van der Waals surface area contributed by atoms with E-state index in [9.17, 15) is 14.9 Å².